The molecule has 0 bridgehead atoms. The van der Waals surface area contributed by atoms with E-state index >= 15 is 0 Å². The maximum Gasteiger partial charge on any atom is 0.345 e. The summed E-state index contributed by atoms with van der Waals surface area (Å²) in [7, 11) is 0. The Hall–Kier alpha value is -0.910. The molecule has 1 saturated heterocycles. The molecular weight excluding hydrogens is 236 g/mol. The summed E-state index contributed by atoms with van der Waals surface area (Å²) < 4.78 is 16.3. The number of fused-ring (bicyclic) bond motifs is 1. The van der Waals surface area contributed by atoms with E-state index in [-0.39, 0.29) is 18.6 Å². The van der Waals surface area contributed by atoms with Crippen molar-refractivity contribution in [2.24, 2.45) is 5.92 Å². The van der Waals surface area contributed by atoms with E-state index < -0.39 is 23.5 Å². The summed E-state index contributed by atoms with van der Waals surface area (Å²) in [6.45, 7) is 7.41. The second kappa shape index (κ2) is 4.33. The Kier molecular flexibility index (Phi) is 3.25. The van der Waals surface area contributed by atoms with Gasteiger partial charge in [-0.05, 0) is 26.8 Å². The summed E-state index contributed by atoms with van der Waals surface area (Å²) in [5, 5.41) is 10.5. The minimum absolute atomic E-state index is 0.0754. The largest absolute Gasteiger partial charge is 0.464 e. The molecule has 0 spiro atoms. The number of hydrogen-bond donors (Lipinski definition) is 1. The fourth-order valence-corrected chi connectivity index (χ4v) is 2.45. The maximum atomic E-state index is 11.9. The number of hydrogen-bond acceptors (Lipinski definition) is 5. The Balaban J connectivity index is 2.32. The molecule has 4 atom stereocenters. The van der Waals surface area contributed by atoms with Crippen molar-refractivity contribution in [2.45, 2.75) is 51.3 Å². The van der Waals surface area contributed by atoms with Gasteiger partial charge in [-0.2, -0.15) is 0 Å². The number of rotatable bonds is 2. The van der Waals surface area contributed by atoms with Crippen LogP contribution in [0.25, 0.3) is 0 Å². The average Bonchev–Trinajstić information content (AvgIpc) is 2.62. The number of aliphatic hydroxyl groups is 1. The second-order valence-electron chi connectivity index (χ2n) is 5.28. The standard InChI is InChI=1S/C13H20O5/c1-5-16-11(14)13(15)7-6-8(2)9-10(13)18-12(3,4)17-9/h6-10,15H,5H2,1-4H3/t8-,9+,10+,13+/m1/s1. The Morgan fingerprint density at radius 1 is 1.44 bits per heavy atom. The molecular formula is C13H20O5. The van der Waals surface area contributed by atoms with Crippen molar-refractivity contribution in [2.75, 3.05) is 6.61 Å². The molecule has 0 saturated carbocycles. The van der Waals surface area contributed by atoms with Crippen LogP contribution >= 0.6 is 0 Å². The van der Waals surface area contributed by atoms with E-state index in [0.29, 0.717) is 0 Å². The van der Waals surface area contributed by atoms with Gasteiger partial charge in [-0.15, -0.1) is 0 Å². The van der Waals surface area contributed by atoms with Gasteiger partial charge in [0.05, 0.1) is 12.7 Å². The lowest BCUT2D eigenvalue weighted by Crippen LogP contribution is -2.56. The van der Waals surface area contributed by atoms with Crippen LogP contribution < -0.4 is 0 Å². The third-order valence-electron chi connectivity index (χ3n) is 3.34. The molecule has 1 heterocycles. The molecule has 5 heteroatoms. The monoisotopic (exact) mass is 256 g/mol. The summed E-state index contributed by atoms with van der Waals surface area (Å²) in [5.74, 6) is -1.42. The molecule has 102 valence electrons. The highest BCUT2D eigenvalue weighted by atomic mass is 16.8. The van der Waals surface area contributed by atoms with Crippen molar-refractivity contribution in [3.63, 3.8) is 0 Å². The van der Waals surface area contributed by atoms with Crippen molar-refractivity contribution in [1.29, 1.82) is 0 Å². The van der Waals surface area contributed by atoms with Crippen molar-refractivity contribution in [1.82, 2.24) is 0 Å². The van der Waals surface area contributed by atoms with Crippen LogP contribution in [0.3, 0.4) is 0 Å². The first kappa shape index (κ1) is 13.5. The molecule has 1 aliphatic heterocycles. The first-order chi connectivity index (χ1) is 8.30. The minimum atomic E-state index is -1.76. The van der Waals surface area contributed by atoms with Gasteiger partial charge in [-0.25, -0.2) is 4.79 Å². The topological polar surface area (TPSA) is 65.0 Å². The van der Waals surface area contributed by atoms with Crippen LogP contribution in [0.1, 0.15) is 27.7 Å². The van der Waals surface area contributed by atoms with E-state index in [1.54, 1.807) is 26.8 Å². The van der Waals surface area contributed by atoms with Gasteiger partial charge in [0.25, 0.3) is 0 Å². The molecule has 2 aliphatic rings. The van der Waals surface area contributed by atoms with Gasteiger partial charge in [-0.3, -0.25) is 0 Å². The Morgan fingerprint density at radius 2 is 2.11 bits per heavy atom. The number of carbonyl (C=O) groups is 1. The van der Waals surface area contributed by atoms with E-state index in [4.69, 9.17) is 14.2 Å². The zero-order chi connectivity index (χ0) is 13.6. The van der Waals surface area contributed by atoms with E-state index in [0.717, 1.165) is 0 Å². The molecule has 1 fully saturated rings. The molecule has 0 aromatic heterocycles. The summed E-state index contributed by atoms with van der Waals surface area (Å²) in [5.41, 5.74) is -1.76. The first-order valence-corrected chi connectivity index (χ1v) is 6.25. The van der Waals surface area contributed by atoms with E-state index in [9.17, 15) is 9.90 Å². The number of esters is 1. The summed E-state index contributed by atoms with van der Waals surface area (Å²) in [6, 6.07) is 0. The molecule has 1 aliphatic carbocycles. The molecule has 2 rings (SSSR count). The smallest absolute Gasteiger partial charge is 0.345 e. The normalized spacial score (nSPS) is 41.5. The maximum absolute atomic E-state index is 11.9. The van der Waals surface area contributed by atoms with E-state index in [1.165, 1.54) is 6.08 Å². The van der Waals surface area contributed by atoms with Gasteiger partial charge in [-0.1, -0.05) is 13.0 Å². The van der Waals surface area contributed by atoms with Crippen LogP contribution in [0.4, 0.5) is 0 Å². The van der Waals surface area contributed by atoms with Gasteiger partial charge >= 0.3 is 5.97 Å². The van der Waals surface area contributed by atoms with Crippen LogP contribution in [0.2, 0.25) is 0 Å². The van der Waals surface area contributed by atoms with E-state index in [2.05, 4.69) is 0 Å². The van der Waals surface area contributed by atoms with Gasteiger partial charge in [0.15, 0.2) is 5.79 Å². The number of ether oxygens (including phenoxy) is 3. The fraction of sp³-hybridized carbons (Fsp3) is 0.769. The SMILES string of the molecule is CCOC(=O)[C@]1(O)C=C[C@@H](C)[C@@H]2OC(C)(C)O[C@@H]21. The van der Waals surface area contributed by atoms with Crippen molar-refractivity contribution >= 4 is 5.97 Å². The second-order valence-corrected chi connectivity index (χ2v) is 5.28. The third kappa shape index (κ3) is 2.06. The van der Waals surface area contributed by atoms with Crippen LogP contribution in [0.15, 0.2) is 12.2 Å². The summed E-state index contributed by atoms with van der Waals surface area (Å²) >= 11 is 0. The predicted molar refractivity (Wildman–Crippen MR) is 63.7 cm³/mol. The predicted octanol–water partition coefficient (Wildman–Crippen LogP) is 1.01. The quantitative estimate of drug-likeness (QED) is 0.590. The minimum Gasteiger partial charge on any atom is -0.464 e. The lowest BCUT2D eigenvalue weighted by Gasteiger charge is -2.35. The molecule has 0 aromatic carbocycles. The summed E-state index contributed by atoms with van der Waals surface area (Å²) in [6.07, 6.45) is 2.15. The average molecular weight is 256 g/mol. The number of carbonyl (C=O) groups excluding carboxylic acids is 1. The molecule has 0 amide bonds. The molecule has 5 nitrogen and oxygen atoms in total. The molecule has 18 heavy (non-hydrogen) atoms. The fourth-order valence-electron chi connectivity index (χ4n) is 2.45. The van der Waals surface area contributed by atoms with Gasteiger partial charge in [0.1, 0.15) is 6.10 Å². The van der Waals surface area contributed by atoms with Crippen molar-refractivity contribution < 1.29 is 24.1 Å². The molecule has 0 radical (unpaired) electrons. The first-order valence-electron chi connectivity index (χ1n) is 6.25. The highest BCUT2D eigenvalue weighted by molar-refractivity contribution is 5.83. The van der Waals surface area contributed by atoms with Crippen molar-refractivity contribution in [3.05, 3.63) is 12.2 Å². The Morgan fingerprint density at radius 3 is 2.72 bits per heavy atom. The van der Waals surface area contributed by atoms with Gasteiger partial charge in [0, 0.05) is 5.92 Å². The van der Waals surface area contributed by atoms with Crippen LogP contribution in [-0.4, -0.2) is 41.3 Å². The third-order valence-corrected chi connectivity index (χ3v) is 3.34. The van der Waals surface area contributed by atoms with E-state index in [1.807, 2.05) is 6.92 Å². The summed E-state index contributed by atoms with van der Waals surface area (Å²) in [4.78, 5) is 11.9. The lowest BCUT2D eigenvalue weighted by atomic mass is 9.81. The van der Waals surface area contributed by atoms with Gasteiger partial charge in [0.2, 0.25) is 5.60 Å². The van der Waals surface area contributed by atoms with Crippen molar-refractivity contribution in [3.8, 4) is 0 Å². The molecule has 0 aromatic rings. The Bertz CT molecular complexity index is 376. The molecule has 0 unspecified atom stereocenters. The highest BCUT2D eigenvalue weighted by Crippen LogP contribution is 2.41. The van der Waals surface area contributed by atoms with Gasteiger partial charge < -0.3 is 19.3 Å². The highest BCUT2D eigenvalue weighted by Gasteiger charge is 2.58. The lowest BCUT2D eigenvalue weighted by molar-refractivity contribution is -0.185. The molecule has 1 N–H and O–H groups in total. The zero-order valence-corrected chi connectivity index (χ0v) is 11.2. The zero-order valence-electron chi connectivity index (χ0n) is 11.2. The van der Waals surface area contributed by atoms with Crippen LogP contribution in [-0.2, 0) is 19.0 Å². The van der Waals surface area contributed by atoms with Crippen LogP contribution in [0, 0.1) is 5.92 Å². The Labute approximate surface area is 107 Å². The van der Waals surface area contributed by atoms with Crippen LogP contribution in [0.5, 0.6) is 0 Å².